The molecule has 40 heavy (non-hydrogen) atoms. The summed E-state index contributed by atoms with van der Waals surface area (Å²) in [5.41, 5.74) is -5.92. The summed E-state index contributed by atoms with van der Waals surface area (Å²) in [5, 5.41) is 11.0. The average Bonchev–Trinajstić information content (AvgIpc) is 3.05. The molecule has 1 aromatic carbocycles. The average molecular weight is 580 g/mol. The van der Waals surface area contributed by atoms with Crippen LogP contribution in [0.5, 0.6) is 0 Å². The first kappa shape index (κ1) is 29.1. The Balaban J connectivity index is 1.72. The quantitative estimate of drug-likeness (QED) is 0.385. The van der Waals surface area contributed by atoms with Gasteiger partial charge in [-0.05, 0) is 65.2 Å². The van der Waals surface area contributed by atoms with Crippen LogP contribution in [-0.2, 0) is 15.7 Å². The van der Waals surface area contributed by atoms with Crippen molar-refractivity contribution in [3.8, 4) is 6.07 Å². The maximum absolute atomic E-state index is 15.5. The molecular formula is C26H25F4N5O4S. The van der Waals surface area contributed by atoms with Crippen molar-refractivity contribution < 1.29 is 36.7 Å². The Kier molecular flexibility index (Phi) is 7.25. The van der Waals surface area contributed by atoms with Crippen LogP contribution in [0, 0.1) is 24.1 Å². The molecule has 1 aliphatic carbocycles. The molecule has 1 unspecified atom stereocenters. The second-order valence-corrected chi connectivity index (χ2v) is 11.0. The number of imide groups is 1. The van der Waals surface area contributed by atoms with Gasteiger partial charge < -0.3 is 9.64 Å². The van der Waals surface area contributed by atoms with Crippen molar-refractivity contribution in [1.82, 2.24) is 10.3 Å². The number of alkyl halides is 3. The number of nitrogens with zero attached hydrogens (tertiary/aromatic N) is 4. The lowest BCUT2D eigenvalue weighted by molar-refractivity contribution is -0.138. The number of ether oxygens (including phenoxy) is 1. The normalized spacial score (nSPS) is 18.4. The second kappa shape index (κ2) is 9.96. The van der Waals surface area contributed by atoms with Gasteiger partial charge in [-0.2, -0.15) is 18.4 Å². The molecular weight excluding hydrogens is 554 g/mol. The van der Waals surface area contributed by atoms with Gasteiger partial charge in [-0.3, -0.25) is 19.8 Å². The zero-order chi connectivity index (χ0) is 29.8. The van der Waals surface area contributed by atoms with E-state index in [0.717, 1.165) is 17.2 Å². The highest BCUT2D eigenvalue weighted by Crippen LogP contribution is 2.51. The van der Waals surface area contributed by atoms with E-state index in [1.807, 2.05) is 5.32 Å². The second-order valence-electron chi connectivity index (χ2n) is 10.5. The number of carbonyl (C=O) groups excluding carboxylic acids is 3. The zero-order valence-corrected chi connectivity index (χ0v) is 22.8. The van der Waals surface area contributed by atoms with E-state index < -0.39 is 63.4 Å². The van der Waals surface area contributed by atoms with Crippen LogP contribution in [0.2, 0.25) is 0 Å². The predicted molar refractivity (Wildman–Crippen MR) is 138 cm³/mol. The summed E-state index contributed by atoms with van der Waals surface area (Å²) in [6, 6.07) is 4.60. The highest BCUT2D eigenvalue weighted by molar-refractivity contribution is 7.81. The van der Waals surface area contributed by atoms with E-state index in [0.29, 0.717) is 25.3 Å². The Morgan fingerprint density at radius 2 is 1.90 bits per heavy atom. The Morgan fingerprint density at radius 3 is 2.42 bits per heavy atom. The van der Waals surface area contributed by atoms with Crippen LogP contribution in [0.15, 0.2) is 24.4 Å². The number of halogens is 4. The first-order chi connectivity index (χ1) is 18.5. The summed E-state index contributed by atoms with van der Waals surface area (Å²) in [4.78, 5) is 44.4. The first-order valence-electron chi connectivity index (χ1n) is 12.1. The van der Waals surface area contributed by atoms with Crippen molar-refractivity contribution >= 4 is 41.9 Å². The highest BCUT2D eigenvalue weighted by Gasteiger charge is 2.60. The number of nitriles is 1. The van der Waals surface area contributed by atoms with Gasteiger partial charge in [0.25, 0.3) is 11.8 Å². The monoisotopic (exact) mass is 579 g/mol. The molecule has 2 aliphatic rings. The van der Waals surface area contributed by atoms with Crippen molar-refractivity contribution in [2.75, 3.05) is 9.80 Å². The minimum absolute atomic E-state index is 0.0363. The highest BCUT2D eigenvalue weighted by atomic mass is 32.1. The number of benzene rings is 1. The number of amides is 3. The molecule has 1 atom stereocenters. The standard InChI is InChI=1S/C26H25F4N5O4S/c1-13-18(7-6-15(19(13)27)20(36)33-22(38)39-24(2,3)4)35-23(40)34(21(37)25(35)8-5-9-25)14-10-16(26(28,29)30)17(11-31)32-12-14/h6-7,10,12,23,40H,5,8-9H2,1-4H3,(H,33,36,38). The minimum Gasteiger partial charge on any atom is -0.444 e. The number of alkyl carbamates (subject to hydrolysis) is 1. The number of thiol groups is 1. The molecule has 1 N–H and O–H groups in total. The maximum atomic E-state index is 15.5. The molecule has 2 aromatic rings. The van der Waals surface area contributed by atoms with Crippen LogP contribution in [0.25, 0.3) is 0 Å². The molecule has 212 valence electrons. The minimum atomic E-state index is -4.90. The van der Waals surface area contributed by atoms with E-state index >= 15 is 4.39 Å². The summed E-state index contributed by atoms with van der Waals surface area (Å²) in [6.45, 7) is 6.16. The van der Waals surface area contributed by atoms with Crippen LogP contribution >= 0.6 is 12.6 Å². The van der Waals surface area contributed by atoms with Crippen molar-refractivity contribution in [1.29, 1.82) is 5.26 Å². The number of aromatic nitrogens is 1. The number of rotatable bonds is 3. The predicted octanol–water partition coefficient (Wildman–Crippen LogP) is 5.07. The molecule has 14 heteroatoms. The maximum Gasteiger partial charge on any atom is 0.419 e. The van der Waals surface area contributed by atoms with Crippen molar-refractivity contribution in [3.05, 3.63) is 52.6 Å². The lowest BCUT2D eigenvalue weighted by Gasteiger charge is -2.45. The third kappa shape index (κ3) is 4.94. The van der Waals surface area contributed by atoms with Crippen LogP contribution in [0.3, 0.4) is 0 Å². The third-order valence-electron chi connectivity index (χ3n) is 6.76. The molecule has 1 saturated carbocycles. The van der Waals surface area contributed by atoms with E-state index in [9.17, 15) is 27.6 Å². The SMILES string of the molecule is Cc1c(N2C(S)N(c3cnc(C#N)c(C(F)(F)F)c3)C(=O)C23CCC3)ccc(C(=O)NC(=O)OC(C)(C)C)c1F. The Labute approximate surface area is 232 Å². The van der Waals surface area contributed by atoms with Gasteiger partial charge >= 0.3 is 12.3 Å². The zero-order valence-electron chi connectivity index (χ0n) is 21.9. The van der Waals surface area contributed by atoms with Crippen LogP contribution in [-0.4, -0.2) is 39.5 Å². The molecule has 1 saturated heterocycles. The molecule has 9 nitrogen and oxygen atoms in total. The van der Waals surface area contributed by atoms with Crippen LogP contribution in [0.1, 0.15) is 67.2 Å². The number of pyridine rings is 1. The largest absolute Gasteiger partial charge is 0.444 e. The fraction of sp³-hybridized carbons (Fsp3) is 0.423. The van der Waals surface area contributed by atoms with E-state index in [1.165, 1.54) is 24.0 Å². The number of anilines is 2. The topological polar surface area (TPSA) is 116 Å². The number of carbonyl (C=O) groups is 3. The summed E-state index contributed by atoms with van der Waals surface area (Å²) in [7, 11) is 0. The van der Waals surface area contributed by atoms with E-state index in [-0.39, 0.29) is 16.9 Å². The third-order valence-corrected chi connectivity index (χ3v) is 7.22. The van der Waals surface area contributed by atoms with Gasteiger partial charge in [0.2, 0.25) is 0 Å². The Hall–Kier alpha value is -3.86. The summed E-state index contributed by atoms with van der Waals surface area (Å²) in [5.74, 6) is -2.55. The lowest BCUT2D eigenvalue weighted by Crippen LogP contribution is -2.55. The molecule has 0 radical (unpaired) electrons. The summed E-state index contributed by atoms with van der Waals surface area (Å²) < 4.78 is 61.3. The molecule has 1 spiro atoms. The molecule has 0 bridgehead atoms. The van der Waals surface area contributed by atoms with Gasteiger partial charge in [0.15, 0.2) is 11.2 Å². The molecule has 4 rings (SSSR count). The number of nitrogens with one attached hydrogen (secondary N) is 1. The lowest BCUT2D eigenvalue weighted by atomic mass is 9.75. The Bertz CT molecular complexity index is 1450. The van der Waals surface area contributed by atoms with Gasteiger partial charge in [-0.1, -0.05) is 0 Å². The van der Waals surface area contributed by atoms with E-state index in [1.54, 1.807) is 20.8 Å². The van der Waals surface area contributed by atoms with E-state index in [4.69, 9.17) is 10.00 Å². The van der Waals surface area contributed by atoms with E-state index in [2.05, 4.69) is 17.6 Å². The Morgan fingerprint density at radius 1 is 1.25 bits per heavy atom. The molecule has 3 amide bonds. The fourth-order valence-electron chi connectivity index (χ4n) is 4.81. The van der Waals surface area contributed by atoms with Gasteiger partial charge in [0.05, 0.1) is 23.0 Å². The number of hydrogen-bond acceptors (Lipinski definition) is 8. The van der Waals surface area contributed by atoms with Gasteiger partial charge in [0, 0.05) is 11.3 Å². The molecule has 1 aromatic heterocycles. The number of hydrogen-bond donors (Lipinski definition) is 2. The van der Waals surface area contributed by atoms with Crippen LogP contribution in [0.4, 0.5) is 33.7 Å². The van der Waals surface area contributed by atoms with Crippen molar-refractivity contribution in [2.45, 2.75) is 69.8 Å². The summed E-state index contributed by atoms with van der Waals surface area (Å²) >= 11 is 4.55. The molecule has 2 heterocycles. The van der Waals surface area contributed by atoms with Gasteiger partial charge in [-0.25, -0.2) is 14.2 Å². The van der Waals surface area contributed by atoms with Crippen molar-refractivity contribution in [2.24, 2.45) is 0 Å². The smallest absolute Gasteiger partial charge is 0.419 e. The first-order valence-corrected chi connectivity index (χ1v) is 12.7. The summed E-state index contributed by atoms with van der Waals surface area (Å²) in [6.07, 6.45) is -3.67. The molecule has 2 fully saturated rings. The van der Waals surface area contributed by atoms with Gasteiger partial charge in [0.1, 0.15) is 23.0 Å². The van der Waals surface area contributed by atoms with Gasteiger partial charge in [-0.15, -0.1) is 12.6 Å². The van der Waals surface area contributed by atoms with Crippen molar-refractivity contribution in [3.63, 3.8) is 0 Å². The van der Waals surface area contributed by atoms with Crippen LogP contribution < -0.4 is 15.1 Å². The fourth-order valence-corrected chi connectivity index (χ4v) is 5.39. The molecule has 1 aliphatic heterocycles.